The molecule has 1 aromatic carbocycles. The summed E-state index contributed by atoms with van der Waals surface area (Å²) in [5.41, 5.74) is 3.47. The molecule has 1 amide bonds. The molecule has 3 rings (SSSR count). The van der Waals surface area contributed by atoms with Gasteiger partial charge < -0.3 is 10.1 Å². The number of ether oxygens (including phenoxy) is 1. The number of carbonyl (C=O) groups excluding carboxylic acids is 2. The largest absolute Gasteiger partial charge is 0.465 e. The van der Waals surface area contributed by atoms with Crippen molar-refractivity contribution in [3.63, 3.8) is 0 Å². The van der Waals surface area contributed by atoms with Gasteiger partial charge in [0.25, 0.3) is 5.56 Å². The summed E-state index contributed by atoms with van der Waals surface area (Å²) >= 11 is 1.40. The van der Waals surface area contributed by atoms with E-state index in [-0.39, 0.29) is 25.2 Å². The van der Waals surface area contributed by atoms with Crippen LogP contribution in [0.4, 0.5) is 0 Å². The minimum atomic E-state index is -0.539. The fourth-order valence-corrected chi connectivity index (χ4v) is 3.91. The average molecular weight is 414 g/mol. The Morgan fingerprint density at radius 3 is 2.69 bits per heavy atom. The molecule has 0 atom stereocenters. The lowest BCUT2D eigenvalue weighted by Gasteiger charge is -2.11. The third-order valence-corrected chi connectivity index (χ3v) is 5.25. The molecule has 152 valence electrons. The number of benzene rings is 1. The fourth-order valence-electron chi connectivity index (χ4n) is 3.00. The molecule has 3 aromatic rings. The van der Waals surface area contributed by atoms with Crippen molar-refractivity contribution in [3.05, 3.63) is 44.7 Å². The minimum Gasteiger partial charge on any atom is -0.465 e. The third-order valence-electron chi connectivity index (χ3n) is 4.27. The van der Waals surface area contributed by atoms with E-state index in [4.69, 9.17) is 4.74 Å². The lowest BCUT2D eigenvalue weighted by atomic mass is 10.0. The van der Waals surface area contributed by atoms with Crippen molar-refractivity contribution in [2.24, 2.45) is 0 Å². The molecule has 0 fully saturated rings. The lowest BCUT2D eigenvalue weighted by Crippen LogP contribution is -2.37. The second-order valence-corrected chi connectivity index (χ2v) is 7.83. The van der Waals surface area contributed by atoms with Gasteiger partial charge in [-0.1, -0.05) is 23.8 Å². The third kappa shape index (κ3) is 4.51. The van der Waals surface area contributed by atoms with Gasteiger partial charge in [0.1, 0.15) is 18.8 Å². The maximum Gasteiger partial charge on any atom is 0.325 e. The monoisotopic (exact) mass is 414 g/mol. The fraction of sp³-hybridized carbons (Fsp3) is 0.350. The van der Waals surface area contributed by atoms with Gasteiger partial charge in [0.05, 0.1) is 16.3 Å². The van der Waals surface area contributed by atoms with Crippen LogP contribution in [0.15, 0.2) is 23.0 Å². The highest BCUT2D eigenvalue weighted by molar-refractivity contribution is 7.19. The van der Waals surface area contributed by atoms with Crippen LogP contribution in [0, 0.1) is 20.8 Å². The van der Waals surface area contributed by atoms with Crippen molar-refractivity contribution in [2.45, 2.75) is 34.2 Å². The van der Waals surface area contributed by atoms with Crippen LogP contribution in [-0.4, -0.2) is 39.8 Å². The first-order valence-electron chi connectivity index (χ1n) is 9.18. The predicted octanol–water partition coefficient (Wildman–Crippen LogP) is 2.12. The summed E-state index contributed by atoms with van der Waals surface area (Å²) < 4.78 is 6.57. The zero-order chi connectivity index (χ0) is 21.1. The Hall–Kier alpha value is -3.07. The van der Waals surface area contributed by atoms with Gasteiger partial charge in [0.2, 0.25) is 5.91 Å². The zero-order valence-corrected chi connectivity index (χ0v) is 17.6. The number of hydrogen-bond acceptors (Lipinski definition) is 7. The van der Waals surface area contributed by atoms with Crippen molar-refractivity contribution in [1.29, 1.82) is 0 Å². The van der Waals surface area contributed by atoms with Crippen LogP contribution in [0.5, 0.6) is 0 Å². The number of aryl methyl sites for hydroxylation is 3. The summed E-state index contributed by atoms with van der Waals surface area (Å²) in [4.78, 5) is 40.8. The standard InChI is InChI=1S/C20H22N4O4S/c1-5-28-16(26)9-21-15(25)10-24-20(27)18-19(29-13(4)22-18)17(23-24)14-7-6-11(2)8-12(14)3/h6-8H,5,9-10H2,1-4H3,(H,21,25). The molecule has 2 aromatic heterocycles. The minimum absolute atomic E-state index is 0.231. The van der Waals surface area contributed by atoms with Crippen LogP contribution >= 0.6 is 11.3 Å². The number of carbonyl (C=O) groups is 2. The molecule has 1 N–H and O–H groups in total. The number of esters is 1. The summed E-state index contributed by atoms with van der Waals surface area (Å²) in [7, 11) is 0. The number of aromatic nitrogens is 3. The molecule has 0 unspecified atom stereocenters. The first-order valence-corrected chi connectivity index (χ1v) is 10.00. The van der Waals surface area contributed by atoms with E-state index in [1.807, 2.05) is 39.0 Å². The molecule has 9 heteroatoms. The van der Waals surface area contributed by atoms with Gasteiger partial charge in [-0.05, 0) is 33.3 Å². The predicted molar refractivity (Wildman–Crippen MR) is 111 cm³/mol. The second kappa shape index (κ2) is 8.52. The maximum atomic E-state index is 12.8. The van der Waals surface area contributed by atoms with Crippen molar-refractivity contribution < 1.29 is 14.3 Å². The molecule has 0 radical (unpaired) electrons. The topological polar surface area (TPSA) is 103 Å². The lowest BCUT2D eigenvalue weighted by molar-refractivity contribution is -0.143. The Kier molecular flexibility index (Phi) is 6.07. The van der Waals surface area contributed by atoms with Crippen molar-refractivity contribution in [2.75, 3.05) is 13.2 Å². The summed E-state index contributed by atoms with van der Waals surface area (Å²) in [5, 5.41) is 7.66. The number of rotatable bonds is 6. The Balaban J connectivity index is 2.00. The molecule has 0 aliphatic heterocycles. The van der Waals surface area contributed by atoms with Gasteiger partial charge in [-0.15, -0.1) is 11.3 Å². The van der Waals surface area contributed by atoms with E-state index >= 15 is 0 Å². The molecule has 29 heavy (non-hydrogen) atoms. The van der Waals surface area contributed by atoms with Gasteiger partial charge in [-0.2, -0.15) is 5.10 Å². The number of hydrogen-bond donors (Lipinski definition) is 1. The normalized spacial score (nSPS) is 10.9. The highest BCUT2D eigenvalue weighted by atomic mass is 32.1. The van der Waals surface area contributed by atoms with Crippen molar-refractivity contribution >= 4 is 33.4 Å². The van der Waals surface area contributed by atoms with Crippen LogP contribution in [0.25, 0.3) is 21.5 Å². The van der Waals surface area contributed by atoms with Crippen LogP contribution in [0.1, 0.15) is 23.1 Å². The molecular formula is C20H22N4O4S. The summed E-state index contributed by atoms with van der Waals surface area (Å²) in [6.07, 6.45) is 0. The van der Waals surface area contributed by atoms with Gasteiger partial charge in [-0.3, -0.25) is 14.4 Å². The van der Waals surface area contributed by atoms with Gasteiger partial charge in [-0.25, -0.2) is 9.67 Å². The highest BCUT2D eigenvalue weighted by Gasteiger charge is 2.19. The van der Waals surface area contributed by atoms with E-state index in [0.717, 1.165) is 26.4 Å². The van der Waals surface area contributed by atoms with Crippen LogP contribution < -0.4 is 10.9 Å². The number of nitrogens with zero attached hydrogens (tertiary/aromatic N) is 3. The quantitative estimate of drug-likeness (QED) is 0.620. The van der Waals surface area contributed by atoms with Crippen LogP contribution in [0.3, 0.4) is 0 Å². The summed E-state index contributed by atoms with van der Waals surface area (Å²) in [5.74, 6) is -1.05. The molecule has 0 saturated heterocycles. The van der Waals surface area contributed by atoms with E-state index in [1.165, 1.54) is 11.3 Å². The van der Waals surface area contributed by atoms with E-state index in [2.05, 4.69) is 15.4 Å². The molecule has 0 spiro atoms. The van der Waals surface area contributed by atoms with E-state index in [1.54, 1.807) is 6.92 Å². The Morgan fingerprint density at radius 2 is 2.00 bits per heavy atom. The number of fused-ring (bicyclic) bond motifs is 1. The van der Waals surface area contributed by atoms with E-state index < -0.39 is 17.4 Å². The molecule has 8 nitrogen and oxygen atoms in total. The Labute approximate surface area is 171 Å². The highest BCUT2D eigenvalue weighted by Crippen LogP contribution is 2.31. The Morgan fingerprint density at radius 1 is 1.24 bits per heavy atom. The van der Waals surface area contributed by atoms with Crippen LogP contribution in [-0.2, 0) is 20.9 Å². The average Bonchev–Trinajstić information content (AvgIpc) is 3.05. The van der Waals surface area contributed by atoms with Gasteiger partial charge in [0, 0.05) is 5.56 Å². The first kappa shape index (κ1) is 20.7. The molecule has 0 aliphatic carbocycles. The van der Waals surface area contributed by atoms with E-state index in [9.17, 15) is 14.4 Å². The first-order chi connectivity index (χ1) is 13.8. The smallest absolute Gasteiger partial charge is 0.325 e. The van der Waals surface area contributed by atoms with Gasteiger partial charge in [0.15, 0.2) is 5.52 Å². The van der Waals surface area contributed by atoms with Crippen molar-refractivity contribution in [1.82, 2.24) is 20.1 Å². The Bertz CT molecular complexity index is 1150. The number of thiazole rings is 1. The van der Waals surface area contributed by atoms with E-state index in [0.29, 0.717) is 10.4 Å². The SMILES string of the molecule is CCOC(=O)CNC(=O)Cn1nc(-c2ccc(C)cc2C)c2sc(C)nc2c1=O. The molecule has 0 aliphatic rings. The summed E-state index contributed by atoms with van der Waals surface area (Å²) in [6, 6.07) is 5.97. The maximum absolute atomic E-state index is 12.8. The second-order valence-electron chi connectivity index (χ2n) is 6.62. The molecule has 0 saturated carbocycles. The molecule has 2 heterocycles. The van der Waals surface area contributed by atoms with Crippen LogP contribution in [0.2, 0.25) is 0 Å². The molecular weight excluding hydrogens is 392 g/mol. The number of nitrogens with one attached hydrogen (secondary N) is 1. The zero-order valence-electron chi connectivity index (χ0n) is 16.7. The van der Waals surface area contributed by atoms with Crippen molar-refractivity contribution in [3.8, 4) is 11.3 Å². The molecule has 0 bridgehead atoms. The summed E-state index contributed by atoms with van der Waals surface area (Å²) in [6.45, 7) is 7.15. The number of amides is 1. The van der Waals surface area contributed by atoms with Gasteiger partial charge >= 0.3 is 5.97 Å².